The zero-order chi connectivity index (χ0) is 18.7. The highest BCUT2D eigenvalue weighted by atomic mass is 19.1. The fourth-order valence-electron chi connectivity index (χ4n) is 3.85. The number of pyridine rings is 1. The van der Waals surface area contributed by atoms with Gasteiger partial charge >= 0.3 is 0 Å². The van der Waals surface area contributed by atoms with Crippen molar-refractivity contribution in [3.05, 3.63) is 59.5 Å². The fourth-order valence-corrected chi connectivity index (χ4v) is 3.85. The average molecular weight is 368 g/mol. The molecule has 0 saturated heterocycles. The van der Waals surface area contributed by atoms with Gasteiger partial charge < -0.3 is 10.1 Å². The van der Waals surface area contributed by atoms with E-state index in [0.29, 0.717) is 18.3 Å². The molecule has 0 bridgehead atoms. The van der Waals surface area contributed by atoms with Crippen molar-refractivity contribution in [1.82, 2.24) is 10.3 Å². The van der Waals surface area contributed by atoms with Crippen LogP contribution in [-0.4, -0.2) is 17.5 Å². The third kappa shape index (κ3) is 4.12. The third-order valence-corrected chi connectivity index (χ3v) is 5.68. The van der Waals surface area contributed by atoms with Crippen LogP contribution < -0.4 is 10.1 Å². The molecule has 2 aliphatic carbocycles. The van der Waals surface area contributed by atoms with Gasteiger partial charge in [-0.25, -0.2) is 9.37 Å². The monoisotopic (exact) mass is 368 g/mol. The van der Waals surface area contributed by atoms with Gasteiger partial charge in [-0.2, -0.15) is 0 Å². The predicted molar refractivity (Wildman–Crippen MR) is 101 cm³/mol. The van der Waals surface area contributed by atoms with Crippen LogP contribution in [0.3, 0.4) is 0 Å². The number of ether oxygens (including phenoxy) is 1. The number of rotatable bonds is 7. The molecule has 2 saturated carbocycles. The molecule has 0 spiro atoms. The number of benzene rings is 1. The molecular weight excluding hydrogens is 343 g/mol. The van der Waals surface area contributed by atoms with E-state index < -0.39 is 5.41 Å². The van der Waals surface area contributed by atoms with Crippen LogP contribution in [-0.2, 0) is 16.8 Å². The summed E-state index contributed by atoms with van der Waals surface area (Å²) in [4.78, 5) is 17.3. The normalized spacial score (nSPS) is 18.3. The molecule has 27 heavy (non-hydrogen) atoms. The first-order valence-corrected chi connectivity index (χ1v) is 9.78. The summed E-state index contributed by atoms with van der Waals surface area (Å²) in [7, 11) is 0. The second-order valence-electron chi connectivity index (χ2n) is 7.74. The number of carbonyl (C=O) groups is 1. The second kappa shape index (κ2) is 7.67. The maximum Gasteiger partial charge on any atom is 0.230 e. The van der Waals surface area contributed by atoms with Gasteiger partial charge in [0.1, 0.15) is 5.82 Å². The van der Waals surface area contributed by atoms with Crippen LogP contribution in [0.4, 0.5) is 4.39 Å². The Hall–Kier alpha value is -2.43. The lowest BCUT2D eigenvalue weighted by molar-refractivity contribution is -0.126. The van der Waals surface area contributed by atoms with E-state index >= 15 is 0 Å². The molecule has 0 aliphatic heterocycles. The van der Waals surface area contributed by atoms with E-state index in [4.69, 9.17) is 4.74 Å². The lowest BCUT2D eigenvalue weighted by atomic mass is 9.78. The van der Waals surface area contributed by atoms with Gasteiger partial charge in [0.2, 0.25) is 11.8 Å². The summed E-state index contributed by atoms with van der Waals surface area (Å²) in [5.41, 5.74) is 1.08. The Bertz CT molecular complexity index is 796. The summed E-state index contributed by atoms with van der Waals surface area (Å²) in [5, 5.41) is 3.04. The van der Waals surface area contributed by atoms with Crippen LogP contribution in [0.5, 0.6) is 5.88 Å². The quantitative estimate of drug-likeness (QED) is 0.799. The maximum absolute atomic E-state index is 13.7. The average Bonchev–Trinajstić information content (AvgIpc) is 3.38. The van der Waals surface area contributed by atoms with Crippen molar-refractivity contribution in [2.75, 3.05) is 6.61 Å². The number of aromatic nitrogens is 1. The van der Waals surface area contributed by atoms with E-state index in [1.165, 1.54) is 25.0 Å². The molecule has 0 atom stereocenters. The highest BCUT2D eigenvalue weighted by Crippen LogP contribution is 2.41. The van der Waals surface area contributed by atoms with Crippen LogP contribution in [0.25, 0.3) is 0 Å². The molecule has 142 valence electrons. The number of nitrogens with zero attached hydrogens (tertiary/aromatic N) is 1. The van der Waals surface area contributed by atoms with Crippen molar-refractivity contribution < 1.29 is 13.9 Å². The zero-order valence-corrected chi connectivity index (χ0v) is 15.4. The summed E-state index contributed by atoms with van der Waals surface area (Å²) in [6.07, 6.45) is 7.72. The van der Waals surface area contributed by atoms with Crippen molar-refractivity contribution in [2.24, 2.45) is 5.92 Å². The Morgan fingerprint density at radius 2 is 2.04 bits per heavy atom. The van der Waals surface area contributed by atoms with Gasteiger partial charge in [-0.05, 0) is 54.9 Å². The highest BCUT2D eigenvalue weighted by molar-refractivity contribution is 5.88. The number of nitrogens with one attached hydrogen (secondary N) is 1. The van der Waals surface area contributed by atoms with Gasteiger partial charge in [0.05, 0.1) is 12.0 Å². The van der Waals surface area contributed by atoms with Crippen LogP contribution >= 0.6 is 0 Å². The first-order valence-electron chi connectivity index (χ1n) is 9.78. The first-order chi connectivity index (χ1) is 13.2. The summed E-state index contributed by atoms with van der Waals surface area (Å²) in [5.74, 6) is 0.998. The maximum atomic E-state index is 13.7. The van der Waals surface area contributed by atoms with Crippen LogP contribution in [0, 0.1) is 11.7 Å². The number of carbonyl (C=O) groups excluding carboxylic acids is 1. The largest absolute Gasteiger partial charge is 0.477 e. The standard InChI is InChI=1S/C22H25FN2O2/c23-19-5-3-4-18(12-19)22(10-1-2-11-22)21(26)25-14-17-8-9-20(24-13-17)27-15-16-6-7-16/h3-5,8-9,12-13,16H,1-2,6-7,10-11,14-15H2,(H,25,26). The lowest BCUT2D eigenvalue weighted by Crippen LogP contribution is -2.42. The number of amides is 1. The number of hydrogen-bond donors (Lipinski definition) is 1. The van der Waals surface area contributed by atoms with Crippen molar-refractivity contribution in [3.8, 4) is 5.88 Å². The van der Waals surface area contributed by atoms with Gasteiger partial charge in [0, 0.05) is 18.8 Å². The van der Waals surface area contributed by atoms with Crippen molar-refractivity contribution >= 4 is 5.91 Å². The molecule has 1 N–H and O–H groups in total. The zero-order valence-electron chi connectivity index (χ0n) is 15.4. The second-order valence-corrected chi connectivity index (χ2v) is 7.74. The van der Waals surface area contributed by atoms with Crippen LogP contribution in [0.15, 0.2) is 42.6 Å². The summed E-state index contributed by atoms with van der Waals surface area (Å²) >= 11 is 0. The third-order valence-electron chi connectivity index (χ3n) is 5.68. The molecule has 1 amide bonds. The van der Waals surface area contributed by atoms with E-state index in [0.717, 1.165) is 43.4 Å². The topological polar surface area (TPSA) is 51.2 Å². The van der Waals surface area contributed by atoms with Gasteiger partial charge in [-0.15, -0.1) is 0 Å². The van der Waals surface area contributed by atoms with E-state index in [-0.39, 0.29) is 11.7 Å². The molecule has 1 aromatic carbocycles. The van der Waals surface area contributed by atoms with Gasteiger partial charge in [-0.3, -0.25) is 4.79 Å². The molecule has 2 aliphatic rings. The number of hydrogen-bond acceptors (Lipinski definition) is 3. The fraction of sp³-hybridized carbons (Fsp3) is 0.455. The molecule has 4 nitrogen and oxygen atoms in total. The molecule has 1 heterocycles. The molecule has 4 rings (SSSR count). The van der Waals surface area contributed by atoms with Gasteiger partial charge in [0.25, 0.3) is 0 Å². The molecule has 2 aromatic rings. The van der Waals surface area contributed by atoms with Gasteiger partial charge in [-0.1, -0.05) is 31.0 Å². The SMILES string of the molecule is O=C(NCc1ccc(OCC2CC2)nc1)C1(c2cccc(F)c2)CCCC1. The van der Waals surface area contributed by atoms with Crippen molar-refractivity contribution in [3.63, 3.8) is 0 Å². The van der Waals surface area contributed by atoms with Crippen molar-refractivity contribution in [2.45, 2.75) is 50.5 Å². The summed E-state index contributed by atoms with van der Waals surface area (Å²) in [6, 6.07) is 10.2. The Kier molecular flexibility index (Phi) is 5.10. The Labute approximate surface area is 159 Å². The summed E-state index contributed by atoms with van der Waals surface area (Å²) in [6.45, 7) is 1.14. The molecular formula is C22H25FN2O2. The number of halogens is 1. The first kappa shape index (κ1) is 18.0. The van der Waals surface area contributed by atoms with E-state index in [9.17, 15) is 9.18 Å². The highest BCUT2D eigenvalue weighted by Gasteiger charge is 2.42. The predicted octanol–water partition coefficient (Wildman–Crippen LogP) is 4.14. The molecule has 0 radical (unpaired) electrons. The van der Waals surface area contributed by atoms with Crippen LogP contribution in [0.1, 0.15) is 49.7 Å². The lowest BCUT2D eigenvalue weighted by Gasteiger charge is -2.28. The smallest absolute Gasteiger partial charge is 0.230 e. The van der Waals surface area contributed by atoms with E-state index in [1.807, 2.05) is 18.2 Å². The Morgan fingerprint density at radius 1 is 1.22 bits per heavy atom. The van der Waals surface area contributed by atoms with Gasteiger partial charge in [0.15, 0.2) is 0 Å². The molecule has 2 fully saturated rings. The minimum absolute atomic E-state index is 0.0281. The van der Waals surface area contributed by atoms with E-state index in [1.54, 1.807) is 12.3 Å². The Morgan fingerprint density at radius 3 is 2.70 bits per heavy atom. The summed E-state index contributed by atoms with van der Waals surface area (Å²) < 4.78 is 19.4. The Balaban J connectivity index is 1.39. The van der Waals surface area contributed by atoms with Crippen LogP contribution in [0.2, 0.25) is 0 Å². The van der Waals surface area contributed by atoms with Crippen molar-refractivity contribution in [1.29, 1.82) is 0 Å². The minimum atomic E-state index is -0.622. The molecule has 1 aromatic heterocycles. The molecule has 0 unspecified atom stereocenters. The minimum Gasteiger partial charge on any atom is -0.477 e. The van der Waals surface area contributed by atoms with E-state index in [2.05, 4.69) is 10.3 Å². The molecule has 5 heteroatoms.